The first-order valence-corrected chi connectivity index (χ1v) is 10.4. The summed E-state index contributed by atoms with van der Waals surface area (Å²) in [5, 5.41) is 3.47. The first kappa shape index (κ1) is 19.3. The molecular formula is C19H27N3O2S. The van der Waals surface area contributed by atoms with Crippen LogP contribution in [0.3, 0.4) is 0 Å². The highest BCUT2D eigenvalue weighted by molar-refractivity contribution is 7.88. The Balaban J connectivity index is 1.99. The van der Waals surface area contributed by atoms with Gasteiger partial charge in [0.05, 0.1) is 6.26 Å². The van der Waals surface area contributed by atoms with Crippen molar-refractivity contribution in [1.82, 2.24) is 4.72 Å². The van der Waals surface area contributed by atoms with Crippen molar-refractivity contribution in [3.8, 4) is 0 Å². The molecule has 0 amide bonds. The zero-order chi connectivity index (χ0) is 18.3. The van der Waals surface area contributed by atoms with E-state index in [1.807, 2.05) is 18.2 Å². The number of benzene rings is 2. The van der Waals surface area contributed by atoms with Gasteiger partial charge in [-0.1, -0.05) is 30.3 Å². The van der Waals surface area contributed by atoms with Crippen LogP contribution in [0.15, 0.2) is 48.5 Å². The average Bonchev–Trinajstić information content (AvgIpc) is 2.58. The van der Waals surface area contributed by atoms with Crippen LogP contribution in [0.4, 0.5) is 11.4 Å². The summed E-state index contributed by atoms with van der Waals surface area (Å²) in [6, 6.07) is 16.6. The molecule has 2 aromatic rings. The lowest BCUT2D eigenvalue weighted by Gasteiger charge is -2.24. The smallest absolute Gasteiger partial charge is 0.208 e. The quantitative estimate of drug-likeness (QED) is 0.721. The summed E-state index contributed by atoms with van der Waals surface area (Å²) in [6.07, 6.45) is 1.18. The van der Waals surface area contributed by atoms with Gasteiger partial charge in [-0.05, 0) is 43.2 Å². The third-order valence-electron chi connectivity index (χ3n) is 4.03. The van der Waals surface area contributed by atoms with E-state index in [2.05, 4.69) is 59.1 Å². The number of sulfonamides is 1. The van der Waals surface area contributed by atoms with Gasteiger partial charge in [-0.3, -0.25) is 0 Å². The van der Waals surface area contributed by atoms with Crippen molar-refractivity contribution in [2.75, 3.05) is 36.1 Å². The largest absolute Gasteiger partial charge is 0.381 e. The normalized spacial score (nSPS) is 11.3. The minimum Gasteiger partial charge on any atom is -0.381 e. The fraction of sp³-hybridized carbons (Fsp3) is 0.368. The molecule has 6 heteroatoms. The van der Waals surface area contributed by atoms with Gasteiger partial charge in [0.15, 0.2) is 0 Å². The van der Waals surface area contributed by atoms with Crippen molar-refractivity contribution in [2.24, 2.45) is 0 Å². The van der Waals surface area contributed by atoms with Crippen LogP contribution in [0.1, 0.15) is 18.1 Å². The van der Waals surface area contributed by atoms with Crippen molar-refractivity contribution in [3.63, 3.8) is 0 Å². The van der Waals surface area contributed by atoms with Gasteiger partial charge in [0.1, 0.15) is 0 Å². The van der Waals surface area contributed by atoms with Gasteiger partial charge in [-0.25, -0.2) is 13.1 Å². The number of nitrogens with one attached hydrogen (secondary N) is 2. The minimum atomic E-state index is -3.15. The zero-order valence-electron chi connectivity index (χ0n) is 15.1. The summed E-state index contributed by atoms with van der Waals surface area (Å²) in [4.78, 5) is 2.16. The Kier molecular flexibility index (Phi) is 6.84. The summed E-state index contributed by atoms with van der Waals surface area (Å²) in [6.45, 7) is 6.80. The Morgan fingerprint density at radius 1 is 1.08 bits per heavy atom. The van der Waals surface area contributed by atoms with Crippen LogP contribution < -0.4 is 14.9 Å². The Morgan fingerprint density at radius 3 is 2.40 bits per heavy atom. The van der Waals surface area contributed by atoms with Gasteiger partial charge in [-0.15, -0.1) is 0 Å². The fourth-order valence-corrected chi connectivity index (χ4v) is 3.13. The lowest BCUT2D eigenvalue weighted by Crippen LogP contribution is -2.34. The molecule has 2 aromatic carbocycles. The molecule has 0 heterocycles. The van der Waals surface area contributed by atoms with Crippen LogP contribution in [0.5, 0.6) is 0 Å². The minimum absolute atomic E-state index is 0.403. The van der Waals surface area contributed by atoms with Crippen molar-refractivity contribution in [2.45, 2.75) is 20.4 Å². The first-order valence-electron chi connectivity index (χ1n) is 8.47. The number of anilines is 2. The van der Waals surface area contributed by atoms with E-state index in [0.29, 0.717) is 13.1 Å². The second-order valence-electron chi connectivity index (χ2n) is 6.08. The maximum Gasteiger partial charge on any atom is 0.208 e. The van der Waals surface area contributed by atoms with E-state index in [1.54, 1.807) is 0 Å². The lowest BCUT2D eigenvalue weighted by atomic mass is 10.1. The van der Waals surface area contributed by atoms with Crippen LogP contribution in [-0.2, 0) is 16.6 Å². The average molecular weight is 362 g/mol. The van der Waals surface area contributed by atoms with E-state index in [9.17, 15) is 8.42 Å². The molecular weight excluding hydrogens is 334 g/mol. The summed E-state index contributed by atoms with van der Waals surface area (Å²) < 4.78 is 24.9. The molecule has 0 fully saturated rings. The Hall–Kier alpha value is -2.05. The Bertz CT molecular complexity index is 777. The lowest BCUT2D eigenvalue weighted by molar-refractivity contribution is 0.587. The molecule has 0 aliphatic heterocycles. The number of aryl methyl sites for hydroxylation is 1. The van der Waals surface area contributed by atoms with Crippen LogP contribution >= 0.6 is 0 Å². The van der Waals surface area contributed by atoms with E-state index >= 15 is 0 Å². The number of rotatable bonds is 9. The number of nitrogens with zero attached hydrogens (tertiary/aromatic N) is 1. The van der Waals surface area contributed by atoms with Crippen molar-refractivity contribution in [1.29, 1.82) is 0 Å². The maximum atomic E-state index is 11.2. The molecule has 5 nitrogen and oxygen atoms in total. The van der Waals surface area contributed by atoms with Crippen LogP contribution in [0.2, 0.25) is 0 Å². The summed E-state index contributed by atoms with van der Waals surface area (Å²) in [5.74, 6) is 0. The zero-order valence-corrected chi connectivity index (χ0v) is 15.9. The van der Waals surface area contributed by atoms with Crippen molar-refractivity contribution >= 4 is 21.4 Å². The number of hydrogen-bond acceptors (Lipinski definition) is 4. The van der Waals surface area contributed by atoms with E-state index < -0.39 is 10.0 Å². The highest BCUT2D eigenvalue weighted by Gasteiger charge is 2.08. The fourth-order valence-electron chi connectivity index (χ4n) is 2.67. The predicted octanol–water partition coefficient (Wildman–Crippen LogP) is 2.98. The highest BCUT2D eigenvalue weighted by atomic mass is 32.2. The van der Waals surface area contributed by atoms with Crippen LogP contribution in [0.25, 0.3) is 0 Å². The van der Waals surface area contributed by atoms with E-state index in [-0.39, 0.29) is 0 Å². The molecule has 0 aliphatic carbocycles. The van der Waals surface area contributed by atoms with Gasteiger partial charge in [0.25, 0.3) is 0 Å². The number of hydrogen-bond donors (Lipinski definition) is 2. The molecule has 0 unspecified atom stereocenters. The molecule has 0 atom stereocenters. The maximum absolute atomic E-state index is 11.2. The monoisotopic (exact) mass is 361 g/mol. The van der Waals surface area contributed by atoms with Crippen LogP contribution in [0, 0.1) is 6.92 Å². The summed E-state index contributed by atoms with van der Waals surface area (Å²) in [5.41, 5.74) is 4.62. The first-order chi connectivity index (χ1) is 11.9. The molecule has 0 aliphatic rings. The van der Waals surface area contributed by atoms with Gasteiger partial charge in [-0.2, -0.15) is 0 Å². The summed E-state index contributed by atoms with van der Waals surface area (Å²) in [7, 11) is -3.15. The van der Waals surface area contributed by atoms with Gasteiger partial charge in [0.2, 0.25) is 10.0 Å². The van der Waals surface area contributed by atoms with Crippen molar-refractivity contribution in [3.05, 3.63) is 59.7 Å². The molecule has 0 spiro atoms. The second kappa shape index (κ2) is 8.87. The van der Waals surface area contributed by atoms with E-state index in [0.717, 1.165) is 24.5 Å². The van der Waals surface area contributed by atoms with Gasteiger partial charge >= 0.3 is 0 Å². The predicted molar refractivity (Wildman–Crippen MR) is 106 cm³/mol. The second-order valence-corrected chi connectivity index (χ2v) is 7.92. The molecule has 136 valence electrons. The standard InChI is InChI=1S/C19H27N3O2S/c1-4-22(13-12-21-25(3,23)24)18-10-11-19(16(2)14-18)20-15-17-8-6-5-7-9-17/h5-11,14,20-21H,4,12-13,15H2,1-3H3. The molecule has 0 saturated heterocycles. The Labute approximate surface area is 151 Å². The topological polar surface area (TPSA) is 61.4 Å². The molecule has 0 aromatic heterocycles. The third kappa shape index (κ3) is 6.40. The molecule has 0 saturated carbocycles. The molecule has 0 radical (unpaired) electrons. The van der Waals surface area contributed by atoms with Gasteiger partial charge in [0, 0.05) is 37.6 Å². The van der Waals surface area contributed by atoms with Crippen LogP contribution in [-0.4, -0.2) is 34.3 Å². The van der Waals surface area contributed by atoms with E-state index in [4.69, 9.17) is 0 Å². The van der Waals surface area contributed by atoms with Crippen molar-refractivity contribution < 1.29 is 8.42 Å². The summed E-state index contributed by atoms with van der Waals surface area (Å²) >= 11 is 0. The van der Waals surface area contributed by atoms with E-state index in [1.165, 1.54) is 17.4 Å². The molecule has 2 N–H and O–H groups in total. The van der Waals surface area contributed by atoms with Gasteiger partial charge < -0.3 is 10.2 Å². The Morgan fingerprint density at radius 2 is 1.80 bits per heavy atom. The third-order valence-corrected chi connectivity index (χ3v) is 4.76. The molecule has 25 heavy (non-hydrogen) atoms. The SMILES string of the molecule is CCN(CCNS(C)(=O)=O)c1ccc(NCc2ccccc2)c(C)c1. The molecule has 0 bridgehead atoms. The number of likely N-dealkylation sites (N-methyl/N-ethyl adjacent to an activating group) is 1. The highest BCUT2D eigenvalue weighted by Crippen LogP contribution is 2.23. The molecule has 2 rings (SSSR count).